The van der Waals surface area contributed by atoms with Crippen molar-refractivity contribution in [1.29, 1.82) is 0 Å². The van der Waals surface area contributed by atoms with Crippen LogP contribution in [-0.2, 0) is 16.6 Å². The van der Waals surface area contributed by atoms with E-state index in [2.05, 4.69) is 23.9 Å². The normalized spacial score (nSPS) is 12.1. The Balaban J connectivity index is 2.89. The first kappa shape index (κ1) is 17.1. The van der Waals surface area contributed by atoms with Crippen molar-refractivity contribution < 1.29 is 8.42 Å². The lowest BCUT2D eigenvalue weighted by molar-refractivity contribution is 0.551. The molecule has 0 aromatic heterocycles. The fraction of sp³-hybridized carbons (Fsp3) is 0.600. The third-order valence-electron chi connectivity index (χ3n) is 3.27. The van der Waals surface area contributed by atoms with Gasteiger partial charge in [-0.2, -0.15) is 0 Å². The molecule has 0 unspecified atom stereocenters. The summed E-state index contributed by atoms with van der Waals surface area (Å²) in [5, 5.41) is 3.23. The van der Waals surface area contributed by atoms with Crippen LogP contribution in [-0.4, -0.2) is 21.5 Å². The van der Waals surface area contributed by atoms with Gasteiger partial charge in [0, 0.05) is 13.1 Å². The van der Waals surface area contributed by atoms with Gasteiger partial charge in [-0.1, -0.05) is 32.9 Å². The molecule has 0 aliphatic carbocycles. The highest BCUT2D eigenvalue weighted by atomic mass is 32.2. The van der Waals surface area contributed by atoms with Gasteiger partial charge in [-0.15, -0.1) is 0 Å². The Hall–Kier alpha value is -0.910. The summed E-state index contributed by atoms with van der Waals surface area (Å²) in [7, 11) is -3.41. The minimum absolute atomic E-state index is 0.386. The van der Waals surface area contributed by atoms with Crippen LogP contribution < -0.4 is 10.0 Å². The van der Waals surface area contributed by atoms with E-state index >= 15 is 0 Å². The van der Waals surface area contributed by atoms with Crippen molar-refractivity contribution in [2.45, 2.75) is 45.6 Å². The minimum Gasteiger partial charge on any atom is -0.313 e. The number of hydrogen-bond acceptors (Lipinski definition) is 3. The predicted molar refractivity (Wildman–Crippen MR) is 83.2 cm³/mol. The number of sulfonamides is 1. The second-order valence-electron chi connectivity index (χ2n) is 5.40. The quantitative estimate of drug-likeness (QED) is 0.775. The maximum Gasteiger partial charge on any atom is 0.240 e. The van der Waals surface area contributed by atoms with Gasteiger partial charge in [-0.25, -0.2) is 13.1 Å². The summed E-state index contributed by atoms with van der Waals surface area (Å²) in [5.74, 6) is 0.485. The Morgan fingerprint density at radius 2 is 1.95 bits per heavy atom. The van der Waals surface area contributed by atoms with Crippen LogP contribution in [0.4, 0.5) is 0 Å². The van der Waals surface area contributed by atoms with E-state index in [0.29, 0.717) is 23.9 Å². The average molecular weight is 298 g/mol. The lowest BCUT2D eigenvalue weighted by Crippen LogP contribution is -2.26. The molecule has 1 aromatic rings. The molecule has 0 aliphatic rings. The van der Waals surface area contributed by atoms with Gasteiger partial charge in [0.2, 0.25) is 10.0 Å². The lowest BCUT2D eigenvalue weighted by atomic mass is 10.1. The van der Waals surface area contributed by atoms with Crippen LogP contribution in [0.5, 0.6) is 0 Å². The molecule has 0 bridgehead atoms. The molecule has 0 saturated carbocycles. The Morgan fingerprint density at radius 1 is 1.25 bits per heavy atom. The third kappa shape index (κ3) is 4.89. The fourth-order valence-corrected chi connectivity index (χ4v) is 3.30. The summed E-state index contributed by atoms with van der Waals surface area (Å²) in [6, 6.07) is 5.43. The molecule has 0 heterocycles. The smallest absolute Gasteiger partial charge is 0.240 e. The topological polar surface area (TPSA) is 58.2 Å². The van der Waals surface area contributed by atoms with Gasteiger partial charge in [0.1, 0.15) is 0 Å². The van der Waals surface area contributed by atoms with E-state index in [4.69, 9.17) is 0 Å². The third-order valence-corrected chi connectivity index (χ3v) is 4.87. The van der Waals surface area contributed by atoms with Crippen LogP contribution in [0.1, 0.15) is 38.3 Å². The monoisotopic (exact) mass is 298 g/mol. The van der Waals surface area contributed by atoms with Gasteiger partial charge < -0.3 is 5.32 Å². The highest BCUT2D eigenvalue weighted by molar-refractivity contribution is 7.89. The van der Waals surface area contributed by atoms with Crippen molar-refractivity contribution in [2.75, 3.05) is 13.1 Å². The molecule has 0 fully saturated rings. The molecule has 0 radical (unpaired) electrons. The summed E-state index contributed by atoms with van der Waals surface area (Å²) >= 11 is 0. The largest absolute Gasteiger partial charge is 0.313 e. The van der Waals surface area contributed by atoms with E-state index in [0.717, 1.165) is 24.1 Å². The second-order valence-corrected chi connectivity index (χ2v) is 7.14. The summed E-state index contributed by atoms with van der Waals surface area (Å²) in [4.78, 5) is 0.386. The lowest BCUT2D eigenvalue weighted by Gasteiger charge is -2.13. The predicted octanol–water partition coefficient (Wildman–Crippen LogP) is 2.43. The van der Waals surface area contributed by atoms with E-state index in [1.165, 1.54) is 0 Å². The molecule has 4 nitrogen and oxygen atoms in total. The highest BCUT2D eigenvalue weighted by Crippen LogP contribution is 2.19. The minimum atomic E-state index is -3.41. The van der Waals surface area contributed by atoms with Gasteiger partial charge in [-0.3, -0.25) is 0 Å². The molecule has 0 spiro atoms. The van der Waals surface area contributed by atoms with E-state index < -0.39 is 10.0 Å². The summed E-state index contributed by atoms with van der Waals surface area (Å²) in [5.41, 5.74) is 1.85. The standard InChI is InChI=1S/C15H26N2O2S/c1-5-16-11-14-7-6-8-15(13(14)4)20(18,19)17-10-9-12(2)3/h6-8,12,16-17H,5,9-11H2,1-4H3. The van der Waals surface area contributed by atoms with Crippen molar-refractivity contribution in [3.8, 4) is 0 Å². The second kappa shape index (κ2) is 7.76. The SMILES string of the molecule is CCNCc1cccc(S(=O)(=O)NCCC(C)C)c1C. The van der Waals surface area contributed by atoms with Gasteiger partial charge in [0.25, 0.3) is 0 Å². The zero-order valence-electron chi connectivity index (χ0n) is 12.9. The zero-order valence-corrected chi connectivity index (χ0v) is 13.7. The van der Waals surface area contributed by atoms with E-state index in [1.54, 1.807) is 12.1 Å². The van der Waals surface area contributed by atoms with Crippen LogP contribution in [0.3, 0.4) is 0 Å². The van der Waals surface area contributed by atoms with Crippen LogP contribution >= 0.6 is 0 Å². The molecule has 1 aromatic carbocycles. The molecule has 1 rings (SSSR count). The fourth-order valence-electron chi connectivity index (χ4n) is 1.96. The maximum absolute atomic E-state index is 12.3. The Morgan fingerprint density at radius 3 is 2.55 bits per heavy atom. The molecule has 0 amide bonds. The van der Waals surface area contributed by atoms with Crippen molar-refractivity contribution in [2.24, 2.45) is 5.92 Å². The van der Waals surface area contributed by atoms with Crippen LogP contribution in [0.25, 0.3) is 0 Å². The number of hydrogen-bond donors (Lipinski definition) is 2. The first-order chi connectivity index (χ1) is 9.38. The number of nitrogens with one attached hydrogen (secondary N) is 2. The molecule has 20 heavy (non-hydrogen) atoms. The molecule has 0 atom stereocenters. The van der Waals surface area contributed by atoms with E-state index in [-0.39, 0.29) is 0 Å². The maximum atomic E-state index is 12.3. The Labute approximate surface area is 123 Å². The van der Waals surface area contributed by atoms with Crippen molar-refractivity contribution >= 4 is 10.0 Å². The van der Waals surface area contributed by atoms with Crippen molar-refractivity contribution in [1.82, 2.24) is 10.0 Å². The Kier molecular flexibility index (Phi) is 6.65. The Bertz CT molecular complexity index is 525. The zero-order chi connectivity index (χ0) is 15.2. The first-order valence-corrected chi connectivity index (χ1v) is 8.65. The number of benzene rings is 1. The van der Waals surface area contributed by atoms with Gasteiger partial charge in [0.05, 0.1) is 4.90 Å². The summed E-state index contributed by atoms with van der Waals surface area (Å²) < 4.78 is 27.3. The molecule has 114 valence electrons. The van der Waals surface area contributed by atoms with Crippen LogP contribution in [0.15, 0.2) is 23.1 Å². The van der Waals surface area contributed by atoms with E-state index in [9.17, 15) is 8.42 Å². The number of rotatable bonds is 8. The molecular formula is C15H26N2O2S. The first-order valence-electron chi connectivity index (χ1n) is 7.17. The molecule has 0 saturated heterocycles. The van der Waals surface area contributed by atoms with Gasteiger partial charge in [0.15, 0.2) is 0 Å². The van der Waals surface area contributed by atoms with Crippen molar-refractivity contribution in [3.05, 3.63) is 29.3 Å². The molecule has 0 aliphatic heterocycles. The molecule has 2 N–H and O–H groups in total. The highest BCUT2D eigenvalue weighted by Gasteiger charge is 2.17. The van der Waals surface area contributed by atoms with Gasteiger partial charge in [-0.05, 0) is 43.0 Å². The van der Waals surface area contributed by atoms with Crippen molar-refractivity contribution in [3.63, 3.8) is 0 Å². The summed E-state index contributed by atoms with van der Waals surface area (Å²) in [6.45, 7) is 10.1. The van der Waals surface area contributed by atoms with Gasteiger partial charge >= 0.3 is 0 Å². The summed E-state index contributed by atoms with van der Waals surface area (Å²) in [6.07, 6.45) is 0.843. The molecule has 5 heteroatoms. The average Bonchev–Trinajstić information content (AvgIpc) is 2.36. The van der Waals surface area contributed by atoms with Crippen LogP contribution in [0, 0.1) is 12.8 Å². The van der Waals surface area contributed by atoms with E-state index in [1.807, 2.05) is 19.9 Å². The molecular weight excluding hydrogens is 272 g/mol. The van der Waals surface area contributed by atoms with Crippen LogP contribution in [0.2, 0.25) is 0 Å².